The molecule has 0 nitrogen and oxygen atoms in total. The predicted molar refractivity (Wildman–Crippen MR) is 32.7 cm³/mol. The summed E-state index contributed by atoms with van der Waals surface area (Å²) >= 11 is 0. The van der Waals surface area contributed by atoms with Crippen molar-refractivity contribution in [2.24, 2.45) is 0 Å². The van der Waals surface area contributed by atoms with Gasteiger partial charge in [0.25, 0.3) is 0 Å². The molecule has 0 saturated carbocycles. The van der Waals surface area contributed by atoms with Gasteiger partial charge in [0.05, 0.1) is 0 Å². The molecular weight excluding hydrogens is 89.9 g/mol. The van der Waals surface area contributed by atoms with E-state index in [0.717, 1.165) is 11.9 Å². The molecule has 0 aliphatic carbocycles. The van der Waals surface area contributed by atoms with E-state index in [2.05, 4.69) is 0 Å². The zero-order valence-electron chi connectivity index (χ0n) is 4.87. The fourth-order valence-electron chi connectivity index (χ4n) is 0.276. The van der Waals surface area contributed by atoms with Crippen LogP contribution >= 0.6 is 0 Å². The first-order valence-electron chi connectivity index (χ1n) is 2.52. The van der Waals surface area contributed by atoms with Crippen molar-refractivity contribution in [3.05, 3.63) is 0 Å². The molecule has 0 amide bonds. The summed E-state index contributed by atoms with van der Waals surface area (Å²) in [4.78, 5) is 0. The normalized spacial score (nSPS) is 11.0. The van der Waals surface area contributed by atoms with Crippen LogP contribution in [0.5, 0.6) is 0 Å². The zero-order valence-corrected chi connectivity index (χ0v) is 4.87. The Labute approximate surface area is 44.6 Å². The summed E-state index contributed by atoms with van der Waals surface area (Å²) in [6, 6.07) is 0. The first kappa shape index (κ1) is 6.86. The minimum atomic E-state index is -0.320. The molecule has 40 valence electrons. The van der Waals surface area contributed by atoms with Gasteiger partial charge >= 0.3 is 43.6 Å². The fraction of sp³-hybridized carbons (Fsp3) is 0.800. The molecule has 0 aromatic rings. The van der Waals surface area contributed by atoms with E-state index >= 15 is 0 Å². The Kier molecular flexibility index (Phi) is 3.96. The standard InChI is InChI=1S/C5H10BF/c1-3-5(2)6-4-7/h3-4H2,1-2H3. The number of hydrogen-bond acceptors (Lipinski definition) is 0. The third kappa shape index (κ3) is 3.70. The number of hydrogen-bond donors (Lipinski definition) is 0. The molecule has 0 aromatic heterocycles. The molecule has 0 aromatic carbocycles. The third-order valence-electron chi connectivity index (χ3n) is 0.983. The van der Waals surface area contributed by atoms with Crippen LogP contribution in [-0.4, -0.2) is 19.0 Å². The second-order valence-electron chi connectivity index (χ2n) is 1.56. The molecule has 0 heterocycles. The Morgan fingerprint density at radius 1 is 1.71 bits per heavy atom. The maximum absolute atomic E-state index is 11.4. The molecule has 0 bridgehead atoms. The third-order valence-corrected chi connectivity index (χ3v) is 0.983. The van der Waals surface area contributed by atoms with Crippen LogP contribution in [-0.2, 0) is 0 Å². The molecule has 0 unspecified atom stereocenters. The fourth-order valence-corrected chi connectivity index (χ4v) is 0.276. The SMILES string of the molecule is CC/C(C)=B/CF. The summed E-state index contributed by atoms with van der Waals surface area (Å²) in [5.41, 5.74) is 1.13. The van der Waals surface area contributed by atoms with Crippen molar-refractivity contribution in [1.82, 2.24) is 0 Å². The van der Waals surface area contributed by atoms with Gasteiger partial charge in [0.1, 0.15) is 0 Å². The van der Waals surface area contributed by atoms with E-state index in [1.807, 2.05) is 13.8 Å². The average molecular weight is 99.9 g/mol. The second kappa shape index (κ2) is 4.04. The van der Waals surface area contributed by atoms with Crippen molar-refractivity contribution in [2.45, 2.75) is 20.3 Å². The van der Waals surface area contributed by atoms with Gasteiger partial charge in [0, 0.05) is 0 Å². The van der Waals surface area contributed by atoms with Crippen molar-refractivity contribution >= 4 is 12.4 Å². The molecule has 0 aliphatic heterocycles. The first-order valence-corrected chi connectivity index (χ1v) is 2.52. The van der Waals surface area contributed by atoms with Crippen LogP contribution in [0.4, 0.5) is 4.39 Å². The summed E-state index contributed by atoms with van der Waals surface area (Å²) in [5, 5.41) is 0. The van der Waals surface area contributed by atoms with Crippen molar-refractivity contribution in [3.63, 3.8) is 0 Å². The molecule has 0 radical (unpaired) electrons. The minimum absolute atomic E-state index is 0.320. The molecule has 0 saturated heterocycles. The van der Waals surface area contributed by atoms with Crippen LogP contribution in [0, 0.1) is 0 Å². The number of alkyl halides is 1. The van der Waals surface area contributed by atoms with E-state index in [9.17, 15) is 4.39 Å². The first-order chi connectivity index (χ1) is 3.31. The van der Waals surface area contributed by atoms with Gasteiger partial charge in [-0.2, -0.15) is 0 Å². The van der Waals surface area contributed by atoms with Gasteiger partial charge in [-0.05, 0) is 0 Å². The quantitative estimate of drug-likeness (QED) is 0.457. The van der Waals surface area contributed by atoms with Gasteiger partial charge in [-0.25, -0.2) is 0 Å². The summed E-state index contributed by atoms with van der Waals surface area (Å²) in [6.07, 6.45) is 0.962. The van der Waals surface area contributed by atoms with E-state index in [-0.39, 0.29) is 6.57 Å². The molecule has 0 rings (SSSR count). The van der Waals surface area contributed by atoms with Crippen LogP contribution in [0.15, 0.2) is 0 Å². The van der Waals surface area contributed by atoms with Gasteiger partial charge < -0.3 is 0 Å². The van der Waals surface area contributed by atoms with E-state index < -0.39 is 0 Å². The molecule has 0 fully saturated rings. The summed E-state index contributed by atoms with van der Waals surface area (Å²) in [6.45, 7) is 5.22. The summed E-state index contributed by atoms with van der Waals surface area (Å²) in [7, 11) is 0. The molecule has 0 N–H and O–H groups in total. The van der Waals surface area contributed by atoms with Crippen molar-refractivity contribution < 1.29 is 4.39 Å². The molecule has 0 atom stereocenters. The molecule has 0 aliphatic rings. The van der Waals surface area contributed by atoms with E-state index in [1.165, 1.54) is 0 Å². The van der Waals surface area contributed by atoms with Gasteiger partial charge in [0.2, 0.25) is 0 Å². The van der Waals surface area contributed by atoms with Crippen LogP contribution in [0.1, 0.15) is 20.3 Å². The van der Waals surface area contributed by atoms with Gasteiger partial charge in [-0.1, -0.05) is 0 Å². The molecule has 2 heteroatoms. The second-order valence-corrected chi connectivity index (χ2v) is 1.56. The zero-order chi connectivity index (χ0) is 5.70. The van der Waals surface area contributed by atoms with Crippen molar-refractivity contribution in [1.29, 1.82) is 0 Å². The summed E-state index contributed by atoms with van der Waals surface area (Å²) in [5.74, 6) is 0. The van der Waals surface area contributed by atoms with Crippen molar-refractivity contribution in [3.8, 4) is 0 Å². The average Bonchev–Trinajstić information content (AvgIpc) is 1.68. The topological polar surface area (TPSA) is 0 Å². The number of rotatable bonds is 2. The Bertz CT molecular complexity index is 68.5. The van der Waals surface area contributed by atoms with Gasteiger partial charge in [0.15, 0.2) is 0 Å². The Morgan fingerprint density at radius 3 is 2.43 bits per heavy atom. The Morgan fingerprint density at radius 2 is 2.29 bits per heavy atom. The van der Waals surface area contributed by atoms with E-state index in [4.69, 9.17) is 0 Å². The van der Waals surface area contributed by atoms with E-state index in [0.29, 0.717) is 0 Å². The van der Waals surface area contributed by atoms with Crippen LogP contribution < -0.4 is 0 Å². The molecule has 0 spiro atoms. The Hall–Kier alpha value is -0.135. The number of halogens is 1. The van der Waals surface area contributed by atoms with Crippen LogP contribution in [0.25, 0.3) is 0 Å². The Balaban J connectivity index is 3.29. The van der Waals surface area contributed by atoms with Gasteiger partial charge in [-0.3, -0.25) is 0 Å². The monoisotopic (exact) mass is 100 g/mol. The molecule has 7 heavy (non-hydrogen) atoms. The summed E-state index contributed by atoms with van der Waals surface area (Å²) < 4.78 is 11.4. The van der Waals surface area contributed by atoms with E-state index in [1.54, 1.807) is 6.92 Å². The maximum atomic E-state index is 11.4. The van der Waals surface area contributed by atoms with Crippen molar-refractivity contribution in [2.75, 3.05) is 6.57 Å². The predicted octanol–water partition coefficient (Wildman–Crippen LogP) is 1.22. The molecular formula is C5H10BF. The van der Waals surface area contributed by atoms with Crippen LogP contribution in [0.2, 0.25) is 0 Å². The van der Waals surface area contributed by atoms with Gasteiger partial charge in [-0.15, -0.1) is 0 Å². The van der Waals surface area contributed by atoms with Crippen LogP contribution in [0.3, 0.4) is 0 Å².